The largest absolute Gasteiger partial charge is 0.476 e. The lowest BCUT2D eigenvalue weighted by molar-refractivity contribution is -0.171. The van der Waals surface area contributed by atoms with Crippen LogP contribution in [0.3, 0.4) is 0 Å². The van der Waals surface area contributed by atoms with Crippen LogP contribution < -0.4 is 9.64 Å². The Morgan fingerprint density at radius 2 is 1.70 bits per heavy atom. The Kier molecular flexibility index (Phi) is 10.2. The summed E-state index contributed by atoms with van der Waals surface area (Å²) in [5, 5.41) is 0.441. The molecule has 2 aromatic heterocycles. The van der Waals surface area contributed by atoms with E-state index in [9.17, 15) is 4.79 Å². The highest BCUT2D eigenvalue weighted by Gasteiger charge is 2.37. The molecule has 3 rings (SSSR count). The number of carbonyl (C=O) groups excluding carboxylic acids is 1. The van der Waals surface area contributed by atoms with Gasteiger partial charge in [-0.05, 0) is 78.7 Å². The van der Waals surface area contributed by atoms with Gasteiger partial charge in [-0.25, -0.2) is 9.78 Å². The number of anilines is 1. The van der Waals surface area contributed by atoms with Gasteiger partial charge in [-0.1, -0.05) is 39.3 Å². The topological polar surface area (TPSA) is 73.8 Å². The molecule has 1 saturated heterocycles. The van der Waals surface area contributed by atoms with E-state index in [4.69, 9.17) is 35.8 Å². The van der Waals surface area contributed by atoms with Gasteiger partial charge in [-0.15, -0.1) is 0 Å². The second-order valence-electron chi connectivity index (χ2n) is 13.4. The van der Waals surface area contributed by atoms with Crippen molar-refractivity contribution in [2.24, 2.45) is 11.3 Å². The molecule has 3 heterocycles. The molecule has 0 amide bonds. The third kappa shape index (κ3) is 8.10. The van der Waals surface area contributed by atoms with Crippen LogP contribution in [0.2, 0.25) is 5.02 Å². The number of pyridine rings is 2. The zero-order valence-electron chi connectivity index (χ0n) is 26.3. The van der Waals surface area contributed by atoms with Gasteiger partial charge in [0.05, 0.1) is 24.0 Å². The second-order valence-corrected chi connectivity index (χ2v) is 13.8. The van der Waals surface area contributed by atoms with Gasteiger partial charge in [0.2, 0.25) is 5.88 Å². The molecule has 1 fully saturated rings. The number of nitrogens with zero attached hydrogens (tertiary/aromatic N) is 3. The maximum atomic E-state index is 13.6. The third-order valence-corrected chi connectivity index (χ3v) is 7.27. The summed E-state index contributed by atoms with van der Waals surface area (Å²) >= 11 is 6.72. The molecule has 1 atom stereocenters. The van der Waals surface area contributed by atoms with Crippen LogP contribution in [0, 0.1) is 25.2 Å². The number of rotatable bonds is 9. The van der Waals surface area contributed by atoms with Crippen LogP contribution in [0.1, 0.15) is 98.2 Å². The van der Waals surface area contributed by atoms with E-state index in [2.05, 4.69) is 32.6 Å². The Hall–Kier alpha value is -2.38. The summed E-state index contributed by atoms with van der Waals surface area (Å²) in [4.78, 5) is 25.5. The summed E-state index contributed by atoms with van der Waals surface area (Å²) in [7, 11) is 0. The lowest BCUT2D eigenvalue weighted by atomic mass is 9.82. The zero-order chi connectivity index (χ0) is 30.0. The molecule has 7 nitrogen and oxygen atoms in total. The van der Waals surface area contributed by atoms with Crippen molar-refractivity contribution in [3.63, 3.8) is 0 Å². The molecule has 222 valence electrons. The molecule has 0 aliphatic carbocycles. The van der Waals surface area contributed by atoms with Crippen LogP contribution in [0.25, 0.3) is 11.1 Å². The highest BCUT2D eigenvalue weighted by molar-refractivity contribution is 6.32. The Bertz CT molecular complexity index is 1190. The van der Waals surface area contributed by atoms with Crippen LogP contribution in [0.4, 0.5) is 5.69 Å². The van der Waals surface area contributed by atoms with E-state index in [0.29, 0.717) is 23.4 Å². The lowest BCUT2D eigenvalue weighted by Crippen LogP contribution is -2.39. The Morgan fingerprint density at radius 3 is 2.25 bits per heavy atom. The van der Waals surface area contributed by atoms with Gasteiger partial charge in [0.1, 0.15) is 5.02 Å². The van der Waals surface area contributed by atoms with Crippen molar-refractivity contribution >= 4 is 23.3 Å². The van der Waals surface area contributed by atoms with E-state index in [1.54, 1.807) is 0 Å². The molecule has 0 radical (unpaired) electrons. The molecule has 1 aliphatic rings. The third-order valence-electron chi connectivity index (χ3n) is 7.00. The number of carbonyl (C=O) groups is 1. The van der Waals surface area contributed by atoms with Crippen LogP contribution in [0.15, 0.2) is 12.3 Å². The van der Waals surface area contributed by atoms with Gasteiger partial charge < -0.3 is 19.1 Å². The highest BCUT2D eigenvalue weighted by atomic mass is 35.5. The molecule has 0 saturated carbocycles. The van der Waals surface area contributed by atoms with Crippen molar-refractivity contribution in [3.05, 3.63) is 34.2 Å². The van der Waals surface area contributed by atoms with Crippen molar-refractivity contribution in [2.45, 2.75) is 107 Å². The minimum atomic E-state index is -0.947. The minimum Gasteiger partial charge on any atom is -0.476 e. The van der Waals surface area contributed by atoms with E-state index in [-0.39, 0.29) is 11.5 Å². The van der Waals surface area contributed by atoms with Crippen LogP contribution in [-0.2, 0) is 14.3 Å². The van der Waals surface area contributed by atoms with E-state index in [0.717, 1.165) is 59.7 Å². The first-order valence-corrected chi connectivity index (χ1v) is 14.8. The maximum absolute atomic E-state index is 13.6. The second kappa shape index (κ2) is 12.6. The molecule has 2 aromatic rings. The molecular formula is C32H48ClN3O4. The van der Waals surface area contributed by atoms with Gasteiger partial charge >= 0.3 is 5.97 Å². The number of hydrogen-bond acceptors (Lipinski definition) is 7. The maximum Gasteiger partial charge on any atom is 0.340 e. The van der Waals surface area contributed by atoms with Crippen LogP contribution in [0.5, 0.6) is 5.88 Å². The minimum absolute atomic E-state index is 0.243. The Morgan fingerprint density at radius 1 is 1.07 bits per heavy atom. The highest BCUT2D eigenvalue weighted by Crippen LogP contribution is 2.45. The van der Waals surface area contributed by atoms with Gasteiger partial charge in [0, 0.05) is 47.4 Å². The summed E-state index contributed by atoms with van der Waals surface area (Å²) in [5.41, 5.74) is 4.52. The monoisotopic (exact) mass is 573 g/mol. The number of piperidine rings is 1. The van der Waals surface area contributed by atoms with Crippen molar-refractivity contribution < 1.29 is 19.0 Å². The lowest BCUT2D eigenvalue weighted by Gasteiger charge is -2.41. The van der Waals surface area contributed by atoms with E-state index in [1.807, 2.05) is 60.7 Å². The Balaban J connectivity index is 2.27. The predicted octanol–water partition coefficient (Wildman–Crippen LogP) is 7.88. The number of aryl methyl sites for hydroxylation is 2. The molecule has 0 spiro atoms. The van der Waals surface area contributed by atoms with Crippen molar-refractivity contribution in [2.75, 3.05) is 24.6 Å². The molecule has 40 heavy (non-hydrogen) atoms. The Labute approximate surface area is 246 Å². The molecule has 0 aromatic carbocycles. The first kappa shape index (κ1) is 32.1. The summed E-state index contributed by atoms with van der Waals surface area (Å²) < 4.78 is 18.1. The molecule has 1 aliphatic heterocycles. The number of halogens is 1. The molecular weight excluding hydrogens is 526 g/mol. The average Bonchev–Trinajstić information content (AvgIpc) is 2.82. The fourth-order valence-corrected chi connectivity index (χ4v) is 5.05. The fraction of sp³-hybridized carbons (Fsp3) is 0.656. The molecule has 8 heteroatoms. The number of aromatic nitrogens is 2. The number of esters is 1. The van der Waals surface area contributed by atoms with E-state index in [1.165, 1.54) is 0 Å². The fourth-order valence-electron chi connectivity index (χ4n) is 4.85. The van der Waals surface area contributed by atoms with Crippen molar-refractivity contribution in [1.82, 2.24) is 9.97 Å². The summed E-state index contributed by atoms with van der Waals surface area (Å²) in [6, 6.07) is 1.90. The summed E-state index contributed by atoms with van der Waals surface area (Å²) in [6.45, 7) is 24.4. The van der Waals surface area contributed by atoms with Crippen molar-refractivity contribution in [3.8, 4) is 17.0 Å². The summed E-state index contributed by atoms with van der Waals surface area (Å²) in [5.74, 6) is 0.352. The standard InChI is InChI=1S/C32H48ClN3O4/c1-19(2)18-38-29-25(33)16-23(21(5)35-29)24-17-34-22(6)26(27(24)36-14-12-32(10,11)13-15-36)28(40-31(7,8)9)30(37)39-20(3)4/h16-17,19-20,28H,12-15,18H2,1-11H3/t28-/m0/s1. The van der Waals surface area contributed by atoms with Gasteiger partial charge in [0.15, 0.2) is 6.10 Å². The SMILES string of the molecule is Cc1nc(OCC(C)C)c(Cl)cc1-c1cnc(C)c([C@H](OC(C)(C)C)C(=O)OC(C)C)c1N1CCC(C)(C)CC1. The molecule has 0 N–H and O–H groups in total. The number of hydrogen-bond donors (Lipinski definition) is 0. The van der Waals surface area contributed by atoms with E-state index < -0.39 is 17.7 Å². The average molecular weight is 574 g/mol. The van der Waals surface area contributed by atoms with Crippen LogP contribution >= 0.6 is 11.6 Å². The molecule has 0 unspecified atom stereocenters. The first-order chi connectivity index (χ1) is 18.5. The smallest absolute Gasteiger partial charge is 0.340 e. The quantitative estimate of drug-likeness (QED) is 0.282. The number of ether oxygens (including phenoxy) is 3. The van der Waals surface area contributed by atoms with Gasteiger partial charge in [-0.3, -0.25) is 4.98 Å². The predicted molar refractivity (Wildman–Crippen MR) is 162 cm³/mol. The summed E-state index contributed by atoms with van der Waals surface area (Å²) in [6.07, 6.45) is 2.68. The molecule has 0 bridgehead atoms. The van der Waals surface area contributed by atoms with Crippen molar-refractivity contribution in [1.29, 1.82) is 0 Å². The van der Waals surface area contributed by atoms with Crippen LogP contribution in [-0.4, -0.2) is 47.3 Å². The van der Waals surface area contributed by atoms with Gasteiger partial charge in [-0.2, -0.15) is 0 Å². The first-order valence-electron chi connectivity index (χ1n) is 14.4. The normalized spacial score (nSPS) is 16.4. The zero-order valence-corrected chi connectivity index (χ0v) is 27.0. The van der Waals surface area contributed by atoms with E-state index >= 15 is 0 Å². The van der Waals surface area contributed by atoms with Gasteiger partial charge in [0.25, 0.3) is 0 Å².